The second-order valence-corrected chi connectivity index (χ2v) is 8.21. The smallest absolute Gasteiger partial charge is 0.155 e. The molecule has 0 saturated heterocycles. The van der Waals surface area contributed by atoms with Gasteiger partial charge in [-0.05, 0) is 36.3 Å². The first-order valence-corrected chi connectivity index (χ1v) is 8.84. The summed E-state index contributed by atoms with van der Waals surface area (Å²) in [6.07, 6.45) is 5.07. The van der Waals surface area contributed by atoms with E-state index in [0.29, 0.717) is 18.1 Å². The zero-order valence-corrected chi connectivity index (χ0v) is 11.9. The van der Waals surface area contributed by atoms with Crippen molar-refractivity contribution in [2.24, 2.45) is 11.7 Å². The molecule has 0 spiro atoms. The van der Waals surface area contributed by atoms with Crippen LogP contribution in [0.15, 0.2) is 24.3 Å². The lowest BCUT2D eigenvalue weighted by Crippen LogP contribution is -2.34. The fourth-order valence-electron chi connectivity index (χ4n) is 3.57. The molecule has 2 N–H and O–H groups in total. The van der Waals surface area contributed by atoms with Crippen LogP contribution in [0.2, 0.25) is 0 Å². The van der Waals surface area contributed by atoms with E-state index in [1.54, 1.807) is 0 Å². The fraction of sp³-hybridized carbons (Fsp3) is 0.600. The Morgan fingerprint density at radius 3 is 2.53 bits per heavy atom. The van der Waals surface area contributed by atoms with E-state index < -0.39 is 15.1 Å². The Bertz CT molecular complexity index is 561. The van der Waals surface area contributed by atoms with Crippen LogP contribution < -0.4 is 5.73 Å². The molecule has 1 aromatic carbocycles. The average molecular weight is 279 g/mol. The second kappa shape index (κ2) is 4.91. The lowest BCUT2D eigenvalue weighted by Gasteiger charge is -2.19. The number of benzene rings is 1. The fourth-order valence-corrected chi connectivity index (χ4v) is 5.83. The largest absolute Gasteiger partial charge is 0.323 e. The number of hydrogen-bond donors (Lipinski definition) is 1. The van der Waals surface area contributed by atoms with Crippen molar-refractivity contribution >= 4 is 9.84 Å². The minimum atomic E-state index is -3.09. The van der Waals surface area contributed by atoms with Gasteiger partial charge in [-0.25, -0.2) is 8.42 Å². The van der Waals surface area contributed by atoms with Crippen molar-refractivity contribution < 1.29 is 8.42 Å². The topological polar surface area (TPSA) is 60.2 Å². The van der Waals surface area contributed by atoms with Gasteiger partial charge in [0.2, 0.25) is 0 Å². The van der Waals surface area contributed by atoms with Gasteiger partial charge in [0.15, 0.2) is 9.84 Å². The van der Waals surface area contributed by atoms with Crippen LogP contribution in [0.5, 0.6) is 0 Å². The van der Waals surface area contributed by atoms with Gasteiger partial charge in [0.25, 0.3) is 0 Å². The molecule has 0 bridgehead atoms. The minimum Gasteiger partial charge on any atom is -0.323 e. The normalized spacial score (nSPS) is 27.6. The highest BCUT2D eigenvalue weighted by atomic mass is 32.2. The van der Waals surface area contributed by atoms with Crippen LogP contribution in [0.1, 0.15) is 42.9 Å². The molecule has 4 heteroatoms. The van der Waals surface area contributed by atoms with Crippen LogP contribution in [-0.2, 0) is 16.3 Å². The van der Waals surface area contributed by atoms with Crippen molar-refractivity contribution in [1.82, 2.24) is 0 Å². The van der Waals surface area contributed by atoms with Crippen molar-refractivity contribution in [3.63, 3.8) is 0 Å². The molecule has 104 valence electrons. The maximum Gasteiger partial charge on any atom is 0.155 e. The van der Waals surface area contributed by atoms with Crippen molar-refractivity contribution in [2.45, 2.75) is 43.4 Å². The first-order chi connectivity index (χ1) is 9.08. The van der Waals surface area contributed by atoms with E-state index in [2.05, 4.69) is 0 Å². The highest BCUT2D eigenvalue weighted by Crippen LogP contribution is 2.36. The third-order valence-electron chi connectivity index (χ3n) is 4.64. The SMILES string of the molecule is NC1c2ccccc2CC1S(=O)(=O)CC1CCCC1. The second-order valence-electron chi connectivity index (χ2n) is 5.95. The molecule has 1 saturated carbocycles. The van der Waals surface area contributed by atoms with E-state index in [-0.39, 0.29) is 6.04 Å². The summed E-state index contributed by atoms with van der Waals surface area (Å²) < 4.78 is 25.2. The molecule has 2 aliphatic carbocycles. The molecular formula is C15H21NO2S. The molecular weight excluding hydrogens is 258 g/mol. The van der Waals surface area contributed by atoms with Gasteiger partial charge in [-0.1, -0.05) is 37.1 Å². The minimum absolute atomic E-state index is 0.333. The number of hydrogen-bond acceptors (Lipinski definition) is 3. The Labute approximate surface area is 115 Å². The van der Waals surface area contributed by atoms with Gasteiger partial charge < -0.3 is 5.73 Å². The first-order valence-electron chi connectivity index (χ1n) is 7.13. The van der Waals surface area contributed by atoms with Crippen molar-refractivity contribution in [3.8, 4) is 0 Å². The third kappa shape index (κ3) is 2.43. The van der Waals surface area contributed by atoms with Crippen LogP contribution in [0, 0.1) is 5.92 Å². The van der Waals surface area contributed by atoms with Gasteiger partial charge in [-0.3, -0.25) is 0 Å². The van der Waals surface area contributed by atoms with Crippen molar-refractivity contribution in [2.75, 3.05) is 5.75 Å². The Hall–Kier alpha value is -0.870. The summed E-state index contributed by atoms with van der Waals surface area (Å²) in [7, 11) is -3.09. The lowest BCUT2D eigenvalue weighted by atomic mass is 10.1. The molecule has 3 rings (SSSR count). The molecule has 1 fully saturated rings. The molecule has 2 atom stereocenters. The van der Waals surface area contributed by atoms with Crippen molar-refractivity contribution in [1.29, 1.82) is 0 Å². The summed E-state index contributed by atoms with van der Waals surface area (Å²) in [4.78, 5) is 0. The standard InChI is InChI=1S/C15H21NO2S/c16-15-13-8-4-3-7-12(13)9-14(15)19(17,18)10-11-5-1-2-6-11/h3-4,7-8,11,14-15H,1-2,5-6,9-10,16H2. The van der Waals surface area contributed by atoms with Gasteiger partial charge in [0, 0.05) is 6.04 Å². The average Bonchev–Trinajstić information content (AvgIpc) is 2.98. The Kier molecular flexibility index (Phi) is 3.39. The maximum absolute atomic E-state index is 12.6. The summed E-state index contributed by atoms with van der Waals surface area (Å²) >= 11 is 0. The molecule has 0 amide bonds. The monoisotopic (exact) mass is 279 g/mol. The number of rotatable bonds is 3. The molecule has 0 aromatic heterocycles. The molecule has 0 radical (unpaired) electrons. The Balaban J connectivity index is 1.80. The lowest BCUT2D eigenvalue weighted by molar-refractivity contribution is 0.536. The van der Waals surface area contributed by atoms with Crippen LogP contribution in [-0.4, -0.2) is 19.4 Å². The van der Waals surface area contributed by atoms with Crippen LogP contribution in [0.25, 0.3) is 0 Å². The van der Waals surface area contributed by atoms with Gasteiger partial charge in [-0.15, -0.1) is 0 Å². The Morgan fingerprint density at radius 1 is 1.16 bits per heavy atom. The molecule has 19 heavy (non-hydrogen) atoms. The predicted octanol–water partition coefficient (Wildman–Crippen LogP) is 2.22. The van der Waals surface area contributed by atoms with Crippen LogP contribution >= 0.6 is 0 Å². The molecule has 0 aliphatic heterocycles. The number of nitrogens with two attached hydrogens (primary N) is 1. The summed E-state index contributed by atoms with van der Waals surface area (Å²) in [6.45, 7) is 0. The van der Waals surface area contributed by atoms with E-state index in [1.807, 2.05) is 24.3 Å². The summed E-state index contributed by atoms with van der Waals surface area (Å²) in [5.41, 5.74) is 8.29. The van der Waals surface area contributed by atoms with Gasteiger partial charge >= 0.3 is 0 Å². The zero-order valence-electron chi connectivity index (χ0n) is 11.1. The van der Waals surface area contributed by atoms with E-state index >= 15 is 0 Å². The van der Waals surface area contributed by atoms with Crippen LogP contribution in [0.3, 0.4) is 0 Å². The van der Waals surface area contributed by atoms with E-state index in [9.17, 15) is 8.42 Å². The highest BCUT2D eigenvalue weighted by Gasteiger charge is 2.39. The summed E-state index contributed by atoms with van der Waals surface area (Å²) in [5.74, 6) is 0.695. The quantitative estimate of drug-likeness (QED) is 0.923. The predicted molar refractivity (Wildman–Crippen MR) is 76.6 cm³/mol. The van der Waals surface area contributed by atoms with Gasteiger partial charge in [0.05, 0.1) is 11.0 Å². The molecule has 0 heterocycles. The zero-order chi connectivity index (χ0) is 13.5. The van der Waals surface area contributed by atoms with E-state index in [1.165, 1.54) is 12.8 Å². The third-order valence-corrected chi connectivity index (χ3v) is 6.96. The first kappa shape index (κ1) is 13.1. The number of fused-ring (bicyclic) bond motifs is 1. The molecule has 2 unspecified atom stereocenters. The van der Waals surface area contributed by atoms with E-state index in [0.717, 1.165) is 24.0 Å². The molecule has 1 aromatic rings. The van der Waals surface area contributed by atoms with Crippen molar-refractivity contribution in [3.05, 3.63) is 35.4 Å². The molecule has 3 nitrogen and oxygen atoms in total. The summed E-state index contributed by atoms with van der Waals surface area (Å²) in [6, 6.07) is 7.51. The molecule has 2 aliphatic rings. The Morgan fingerprint density at radius 2 is 1.84 bits per heavy atom. The van der Waals surface area contributed by atoms with Gasteiger partial charge in [-0.2, -0.15) is 0 Å². The summed E-state index contributed by atoms with van der Waals surface area (Å²) in [5, 5.41) is -0.412. The van der Waals surface area contributed by atoms with E-state index in [4.69, 9.17) is 5.73 Å². The number of sulfone groups is 1. The maximum atomic E-state index is 12.6. The highest BCUT2D eigenvalue weighted by molar-refractivity contribution is 7.92. The van der Waals surface area contributed by atoms with Crippen LogP contribution in [0.4, 0.5) is 0 Å². The van der Waals surface area contributed by atoms with Gasteiger partial charge in [0.1, 0.15) is 0 Å².